The van der Waals surface area contributed by atoms with E-state index in [2.05, 4.69) is 24.1 Å². The van der Waals surface area contributed by atoms with Crippen molar-refractivity contribution in [3.8, 4) is 0 Å². The van der Waals surface area contributed by atoms with Crippen LogP contribution in [0.3, 0.4) is 0 Å². The molecule has 2 rings (SSSR count). The summed E-state index contributed by atoms with van der Waals surface area (Å²) in [5, 5.41) is 4.74. The molecule has 1 heterocycles. The Hall–Kier alpha value is -0.410. The minimum absolute atomic E-state index is 0.614. The van der Waals surface area contributed by atoms with E-state index in [1.807, 2.05) is 17.5 Å². The molecule has 15 heavy (non-hydrogen) atoms. The Morgan fingerprint density at radius 3 is 2.87 bits per heavy atom. The van der Waals surface area contributed by atoms with Crippen LogP contribution in [0.15, 0.2) is 6.20 Å². The first-order valence-electron chi connectivity index (χ1n) is 5.91. The normalized spacial score (nSPS) is 17.0. The van der Waals surface area contributed by atoms with E-state index in [-0.39, 0.29) is 0 Å². The van der Waals surface area contributed by atoms with Crippen LogP contribution in [0, 0.1) is 5.92 Å². The number of thiazole rings is 1. The lowest BCUT2D eigenvalue weighted by atomic mass is 9.85. The smallest absolute Gasteiger partial charge is 0.107 e. The Bertz CT molecular complexity index is 302. The molecule has 0 aromatic carbocycles. The lowest BCUT2D eigenvalue weighted by Gasteiger charge is -2.25. The second-order valence-electron chi connectivity index (χ2n) is 4.74. The summed E-state index contributed by atoms with van der Waals surface area (Å²) in [5.74, 6) is 1.55. The van der Waals surface area contributed by atoms with Gasteiger partial charge in [0.1, 0.15) is 5.01 Å². The number of rotatable bonds is 5. The van der Waals surface area contributed by atoms with Gasteiger partial charge in [0.25, 0.3) is 0 Å². The quantitative estimate of drug-likeness (QED) is 0.831. The summed E-state index contributed by atoms with van der Waals surface area (Å²) in [4.78, 5) is 5.83. The third-order valence-electron chi connectivity index (χ3n) is 3.07. The topological polar surface area (TPSA) is 24.9 Å². The third kappa shape index (κ3) is 3.02. The average molecular weight is 224 g/mol. The predicted octanol–water partition coefficient (Wildman–Crippen LogP) is 3.16. The van der Waals surface area contributed by atoms with Gasteiger partial charge in [0, 0.05) is 17.6 Å². The number of aromatic nitrogens is 1. The summed E-state index contributed by atoms with van der Waals surface area (Å²) in [6, 6.07) is 0. The molecule has 1 fully saturated rings. The standard InChI is InChI=1S/C12H20N2S/c1-9(2)11-7-14-12(15-11)8-13-6-10-4-3-5-10/h7,9-10,13H,3-6,8H2,1-2H3. The van der Waals surface area contributed by atoms with Crippen molar-refractivity contribution in [3.05, 3.63) is 16.1 Å². The highest BCUT2D eigenvalue weighted by Gasteiger charge is 2.16. The van der Waals surface area contributed by atoms with Crippen molar-refractivity contribution >= 4 is 11.3 Å². The zero-order valence-corrected chi connectivity index (χ0v) is 10.4. The summed E-state index contributed by atoms with van der Waals surface area (Å²) in [7, 11) is 0. The number of nitrogens with one attached hydrogen (secondary N) is 1. The van der Waals surface area contributed by atoms with Gasteiger partial charge in [0.05, 0.1) is 0 Å². The second kappa shape index (κ2) is 5.08. The second-order valence-corrected chi connectivity index (χ2v) is 5.89. The maximum atomic E-state index is 4.43. The van der Waals surface area contributed by atoms with Crippen LogP contribution in [0.4, 0.5) is 0 Å². The van der Waals surface area contributed by atoms with Gasteiger partial charge >= 0.3 is 0 Å². The maximum absolute atomic E-state index is 4.43. The van der Waals surface area contributed by atoms with Crippen LogP contribution in [0.1, 0.15) is 48.9 Å². The minimum Gasteiger partial charge on any atom is -0.310 e. The highest BCUT2D eigenvalue weighted by molar-refractivity contribution is 7.11. The fraction of sp³-hybridized carbons (Fsp3) is 0.750. The highest BCUT2D eigenvalue weighted by Crippen LogP contribution is 2.25. The van der Waals surface area contributed by atoms with Crippen LogP contribution in [0.2, 0.25) is 0 Å². The van der Waals surface area contributed by atoms with E-state index >= 15 is 0 Å². The van der Waals surface area contributed by atoms with Crippen LogP contribution in [0.5, 0.6) is 0 Å². The SMILES string of the molecule is CC(C)c1cnc(CNCC2CCC2)s1. The van der Waals surface area contributed by atoms with E-state index in [0.29, 0.717) is 5.92 Å². The summed E-state index contributed by atoms with van der Waals surface area (Å²) >= 11 is 1.84. The largest absolute Gasteiger partial charge is 0.310 e. The molecule has 0 radical (unpaired) electrons. The lowest BCUT2D eigenvalue weighted by molar-refractivity contribution is 0.301. The average Bonchev–Trinajstić information content (AvgIpc) is 2.57. The summed E-state index contributed by atoms with van der Waals surface area (Å²) in [5.41, 5.74) is 0. The van der Waals surface area contributed by atoms with E-state index in [1.165, 1.54) is 35.7 Å². The number of hydrogen-bond acceptors (Lipinski definition) is 3. The summed E-state index contributed by atoms with van der Waals surface area (Å²) in [6.07, 6.45) is 6.29. The van der Waals surface area contributed by atoms with Gasteiger partial charge in [-0.25, -0.2) is 4.98 Å². The van der Waals surface area contributed by atoms with Crippen LogP contribution in [-0.2, 0) is 6.54 Å². The van der Waals surface area contributed by atoms with Gasteiger partial charge < -0.3 is 5.32 Å². The molecule has 84 valence electrons. The molecule has 0 atom stereocenters. The maximum Gasteiger partial charge on any atom is 0.107 e. The molecular weight excluding hydrogens is 204 g/mol. The summed E-state index contributed by atoms with van der Waals surface area (Å²) < 4.78 is 0. The molecule has 0 spiro atoms. The van der Waals surface area contributed by atoms with Crippen molar-refractivity contribution in [2.45, 2.75) is 45.6 Å². The van der Waals surface area contributed by atoms with Gasteiger partial charge in [-0.15, -0.1) is 11.3 Å². The van der Waals surface area contributed by atoms with Crippen molar-refractivity contribution in [1.82, 2.24) is 10.3 Å². The van der Waals surface area contributed by atoms with Crippen LogP contribution < -0.4 is 5.32 Å². The molecule has 0 amide bonds. The first-order valence-corrected chi connectivity index (χ1v) is 6.72. The van der Waals surface area contributed by atoms with E-state index in [9.17, 15) is 0 Å². The van der Waals surface area contributed by atoms with Gasteiger partial charge in [-0.1, -0.05) is 20.3 Å². The molecule has 1 aromatic heterocycles. The lowest BCUT2D eigenvalue weighted by Crippen LogP contribution is -2.26. The molecule has 1 aliphatic rings. The first-order chi connectivity index (χ1) is 7.25. The fourth-order valence-corrected chi connectivity index (χ4v) is 2.65. The Balaban J connectivity index is 1.72. The molecule has 3 heteroatoms. The van der Waals surface area contributed by atoms with Gasteiger partial charge in [-0.2, -0.15) is 0 Å². The summed E-state index contributed by atoms with van der Waals surface area (Å²) in [6.45, 7) is 6.57. The van der Waals surface area contributed by atoms with E-state index in [4.69, 9.17) is 0 Å². The molecule has 0 unspecified atom stereocenters. The molecule has 1 aromatic rings. The van der Waals surface area contributed by atoms with Gasteiger partial charge in [-0.05, 0) is 31.2 Å². The van der Waals surface area contributed by atoms with Gasteiger partial charge in [0.2, 0.25) is 0 Å². The molecule has 2 nitrogen and oxygen atoms in total. The zero-order valence-electron chi connectivity index (χ0n) is 9.62. The molecule has 0 aliphatic heterocycles. The Morgan fingerprint density at radius 1 is 1.53 bits per heavy atom. The van der Waals surface area contributed by atoms with Crippen LogP contribution >= 0.6 is 11.3 Å². The van der Waals surface area contributed by atoms with Crippen molar-refractivity contribution in [2.75, 3.05) is 6.54 Å². The number of nitrogens with zero attached hydrogens (tertiary/aromatic N) is 1. The predicted molar refractivity (Wildman–Crippen MR) is 65.3 cm³/mol. The molecule has 1 aliphatic carbocycles. The number of hydrogen-bond donors (Lipinski definition) is 1. The molecule has 1 N–H and O–H groups in total. The van der Waals surface area contributed by atoms with Crippen LogP contribution in [0.25, 0.3) is 0 Å². The molecule has 0 saturated heterocycles. The fourth-order valence-electron chi connectivity index (χ4n) is 1.75. The van der Waals surface area contributed by atoms with Crippen LogP contribution in [-0.4, -0.2) is 11.5 Å². The van der Waals surface area contributed by atoms with Crippen molar-refractivity contribution < 1.29 is 0 Å². The monoisotopic (exact) mass is 224 g/mol. The highest BCUT2D eigenvalue weighted by atomic mass is 32.1. The zero-order chi connectivity index (χ0) is 10.7. The Labute approximate surface area is 96.1 Å². The van der Waals surface area contributed by atoms with Crippen molar-refractivity contribution in [2.24, 2.45) is 5.92 Å². The van der Waals surface area contributed by atoms with Gasteiger partial charge in [0.15, 0.2) is 0 Å². The third-order valence-corrected chi connectivity index (χ3v) is 4.37. The molecule has 0 bridgehead atoms. The van der Waals surface area contributed by atoms with E-state index in [1.54, 1.807) is 0 Å². The minimum atomic E-state index is 0.614. The Kier molecular flexibility index (Phi) is 3.76. The molecular formula is C12H20N2S. The van der Waals surface area contributed by atoms with Crippen molar-refractivity contribution in [1.29, 1.82) is 0 Å². The Morgan fingerprint density at radius 2 is 2.33 bits per heavy atom. The van der Waals surface area contributed by atoms with Gasteiger partial charge in [-0.3, -0.25) is 0 Å². The van der Waals surface area contributed by atoms with Crippen molar-refractivity contribution in [3.63, 3.8) is 0 Å². The first kappa shape index (κ1) is 11.1. The van der Waals surface area contributed by atoms with E-state index < -0.39 is 0 Å². The molecule has 1 saturated carbocycles. The van der Waals surface area contributed by atoms with E-state index in [0.717, 1.165) is 12.5 Å².